The standard InChI is InChI=1S/C41H55N3O4/c1-6-7-8-9-10-11-12-13-14-15-16-23-47-27-33(45)28-48-34-19-22-37(38(46)26-34)41-43-39(35-20-17-29(2)24-31(35)4)42-40(44-41)36-21-18-30(3)25-32(36)5/h17-22,24-26,33,45-46H,6-16,23,27-28H2,1-5H3/t33-/m0/s1. The predicted octanol–water partition coefficient (Wildman–Crippen LogP) is 9.88. The zero-order valence-corrected chi connectivity index (χ0v) is 29.7. The molecular formula is C41H55N3O4. The van der Waals surface area contributed by atoms with Crippen LogP contribution in [0.25, 0.3) is 34.2 Å². The van der Waals surface area contributed by atoms with E-state index < -0.39 is 6.10 Å². The minimum Gasteiger partial charge on any atom is -0.507 e. The molecule has 1 atom stereocenters. The summed E-state index contributed by atoms with van der Waals surface area (Å²) in [6, 6.07) is 17.4. The second-order valence-electron chi connectivity index (χ2n) is 13.2. The second kappa shape index (κ2) is 19.3. The van der Waals surface area contributed by atoms with E-state index in [-0.39, 0.29) is 19.0 Å². The van der Waals surface area contributed by atoms with Crippen LogP contribution in [0.3, 0.4) is 0 Å². The van der Waals surface area contributed by atoms with Gasteiger partial charge in [0.05, 0.1) is 12.2 Å². The van der Waals surface area contributed by atoms with Gasteiger partial charge in [0.2, 0.25) is 0 Å². The summed E-state index contributed by atoms with van der Waals surface area (Å²) in [7, 11) is 0. The lowest BCUT2D eigenvalue weighted by Gasteiger charge is -2.14. The van der Waals surface area contributed by atoms with Crippen LogP contribution >= 0.6 is 0 Å². The highest BCUT2D eigenvalue weighted by molar-refractivity contribution is 5.72. The number of rotatable bonds is 20. The average molecular weight is 654 g/mol. The van der Waals surface area contributed by atoms with E-state index in [9.17, 15) is 10.2 Å². The molecule has 0 amide bonds. The van der Waals surface area contributed by atoms with Crippen molar-refractivity contribution in [2.75, 3.05) is 19.8 Å². The van der Waals surface area contributed by atoms with Gasteiger partial charge in [-0.1, -0.05) is 119 Å². The third-order valence-electron chi connectivity index (χ3n) is 8.74. The molecule has 3 aromatic carbocycles. The smallest absolute Gasteiger partial charge is 0.167 e. The molecule has 7 nitrogen and oxygen atoms in total. The molecule has 0 bridgehead atoms. The monoisotopic (exact) mass is 653 g/mol. The van der Waals surface area contributed by atoms with E-state index in [2.05, 4.69) is 32.9 Å². The highest BCUT2D eigenvalue weighted by Gasteiger charge is 2.18. The minimum absolute atomic E-state index is 0.0147. The maximum atomic E-state index is 11.1. The van der Waals surface area contributed by atoms with Crippen LogP contribution in [0.1, 0.15) is 99.8 Å². The van der Waals surface area contributed by atoms with E-state index in [1.54, 1.807) is 12.1 Å². The first-order valence-corrected chi connectivity index (χ1v) is 17.9. The number of aliphatic hydroxyl groups is 1. The van der Waals surface area contributed by atoms with Gasteiger partial charge in [0, 0.05) is 23.8 Å². The van der Waals surface area contributed by atoms with E-state index in [1.165, 1.54) is 63.9 Å². The molecule has 0 spiro atoms. The Hall–Kier alpha value is -3.81. The Kier molecular flexibility index (Phi) is 14.8. The summed E-state index contributed by atoms with van der Waals surface area (Å²) in [4.78, 5) is 14.5. The van der Waals surface area contributed by atoms with Gasteiger partial charge in [-0.15, -0.1) is 0 Å². The topological polar surface area (TPSA) is 97.6 Å². The number of unbranched alkanes of at least 4 members (excludes halogenated alkanes) is 10. The Labute approximate surface area is 287 Å². The minimum atomic E-state index is -0.760. The summed E-state index contributed by atoms with van der Waals surface area (Å²) in [5.74, 6) is 1.89. The number of aromatic hydroxyl groups is 1. The summed E-state index contributed by atoms with van der Waals surface area (Å²) in [6.07, 6.45) is 13.4. The van der Waals surface area contributed by atoms with Gasteiger partial charge in [-0.2, -0.15) is 0 Å². The number of nitrogens with zero attached hydrogens (tertiary/aromatic N) is 3. The lowest BCUT2D eigenvalue weighted by Crippen LogP contribution is -2.23. The summed E-state index contributed by atoms with van der Waals surface area (Å²) < 4.78 is 11.5. The Balaban J connectivity index is 1.31. The van der Waals surface area contributed by atoms with Crippen molar-refractivity contribution in [2.24, 2.45) is 0 Å². The lowest BCUT2D eigenvalue weighted by atomic mass is 10.0. The highest BCUT2D eigenvalue weighted by atomic mass is 16.5. The van der Waals surface area contributed by atoms with Gasteiger partial charge in [0.1, 0.15) is 24.2 Å². The third-order valence-corrected chi connectivity index (χ3v) is 8.74. The van der Waals surface area contributed by atoms with Crippen molar-refractivity contribution in [1.29, 1.82) is 0 Å². The van der Waals surface area contributed by atoms with Crippen LogP contribution in [0.2, 0.25) is 0 Å². The van der Waals surface area contributed by atoms with Crippen molar-refractivity contribution in [1.82, 2.24) is 15.0 Å². The zero-order chi connectivity index (χ0) is 34.3. The number of aryl methyl sites for hydroxylation is 4. The molecule has 0 aliphatic heterocycles. The van der Waals surface area contributed by atoms with Crippen molar-refractivity contribution in [3.05, 3.63) is 76.9 Å². The molecule has 4 rings (SSSR count). The number of aromatic nitrogens is 3. The van der Waals surface area contributed by atoms with Crippen LogP contribution in [0, 0.1) is 27.7 Å². The number of hydrogen-bond donors (Lipinski definition) is 2. The Morgan fingerprint density at radius 2 is 1.06 bits per heavy atom. The fourth-order valence-electron chi connectivity index (χ4n) is 5.98. The van der Waals surface area contributed by atoms with Crippen LogP contribution in [0.4, 0.5) is 0 Å². The molecule has 7 heteroatoms. The summed E-state index contributed by atoms with van der Waals surface area (Å²) in [6.45, 7) is 11.4. The normalized spacial score (nSPS) is 12.0. The molecule has 0 saturated carbocycles. The van der Waals surface area contributed by atoms with Crippen LogP contribution in [0.15, 0.2) is 54.6 Å². The number of phenolic OH excluding ortho intramolecular Hbond substituents is 1. The maximum absolute atomic E-state index is 11.1. The highest BCUT2D eigenvalue weighted by Crippen LogP contribution is 2.34. The van der Waals surface area contributed by atoms with Gasteiger partial charge in [-0.25, -0.2) is 15.0 Å². The molecule has 258 valence electrons. The molecular weight excluding hydrogens is 598 g/mol. The van der Waals surface area contributed by atoms with Gasteiger partial charge in [-0.3, -0.25) is 0 Å². The SMILES string of the molecule is CCCCCCCCCCCCCOC[C@H](O)COc1ccc(-c2nc(-c3ccc(C)cc3C)nc(-c3ccc(C)cc3C)n2)c(O)c1. The van der Waals surface area contributed by atoms with Gasteiger partial charge >= 0.3 is 0 Å². The van der Waals surface area contributed by atoms with Crippen LogP contribution in [-0.4, -0.2) is 51.1 Å². The van der Waals surface area contributed by atoms with Gasteiger partial charge in [0.25, 0.3) is 0 Å². The van der Waals surface area contributed by atoms with E-state index in [0.717, 1.165) is 46.2 Å². The number of hydrogen-bond acceptors (Lipinski definition) is 7. The van der Waals surface area contributed by atoms with Gasteiger partial charge in [-0.05, 0) is 57.4 Å². The molecule has 0 radical (unpaired) electrons. The molecule has 1 heterocycles. The van der Waals surface area contributed by atoms with E-state index in [4.69, 9.17) is 24.4 Å². The molecule has 4 aromatic rings. The van der Waals surface area contributed by atoms with Crippen molar-refractivity contribution in [3.8, 4) is 45.7 Å². The van der Waals surface area contributed by atoms with Crippen molar-refractivity contribution in [2.45, 2.75) is 111 Å². The fraction of sp³-hybridized carbons (Fsp3) is 0.488. The predicted molar refractivity (Wildman–Crippen MR) is 196 cm³/mol. The number of phenols is 1. The van der Waals surface area contributed by atoms with Crippen molar-refractivity contribution >= 4 is 0 Å². The third kappa shape index (κ3) is 11.4. The van der Waals surface area contributed by atoms with Gasteiger partial charge < -0.3 is 19.7 Å². The van der Waals surface area contributed by atoms with Crippen molar-refractivity contribution in [3.63, 3.8) is 0 Å². The van der Waals surface area contributed by atoms with Crippen LogP contribution in [-0.2, 0) is 4.74 Å². The Morgan fingerprint density at radius 3 is 1.56 bits per heavy atom. The molecule has 0 saturated heterocycles. The van der Waals surface area contributed by atoms with E-state index >= 15 is 0 Å². The molecule has 0 aliphatic rings. The summed E-state index contributed by atoms with van der Waals surface area (Å²) in [5, 5.41) is 21.5. The van der Waals surface area contributed by atoms with Crippen LogP contribution < -0.4 is 4.74 Å². The molecule has 0 aliphatic carbocycles. The average Bonchev–Trinajstić information content (AvgIpc) is 3.05. The number of ether oxygens (including phenoxy) is 2. The van der Waals surface area contributed by atoms with E-state index in [0.29, 0.717) is 35.4 Å². The first-order chi connectivity index (χ1) is 23.2. The summed E-state index contributed by atoms with van der Waals surface area (Å²) in [5.41, 5.74) is 6.74. The zero-order valence-electron chi connectivity index (χ0n) is 29.7. The molecule has 1 aromatic heterocycles. The largest absolute Gasteiger partial charge is 0.507 e. The first kappa shape index (κ1) is 37.0. The first-order valence-electron chi connectivity index (χ1n) is 17.9. The van der Waals surface area contributed by atoms with E-state index in [1.807, 2.05) is 38.1 Å². The van der Waals surface area contributed by atoms with Crippen molar-refractivity contribution < 1.29 is 19.7 Å². The quantitative estimate of drug-likeness (QED) is 0.0916. The maximum Gasteiger partial charge on any atom is 0.167 e. The number of aliphatic hydroxyl groups excluding tert-OH is 1. The molecule has 0 unspecified atom stereocenters. The molecule has 2 N–H and O–H groups in total. The second-order valence-corrected chi connectivity index (χ2v) is 13.2. The molecule has 48 heavy (non-hydrogen) atoms. The lowest BCUT2D eigenvalue weighted by molar-refractivity contribution is 0.0109. The summed E-state index contributed by atoms with van der Waals surface area (Å²) >= 11 is 0. The fourth-order valence-corrected chi connectivity index (χ4v) is 5.98. The van der Waals surface area contributed by atoms with Gasteiger partial charge in [0.15, 0.2) is 17.5 Å². The Morgan fingerprint density at radius 1 is 0.583 bits per heavy atom. The number of benzene rings is 3. The van der Waals surface area contributed by atoms with Crippen LogP contribution in [0.5, 0.6) is 11.5 Å². The Bertz CT molecular complexity index is 1520. The molecule has 0 fully saturated rings.